The molecule has 0 amide bonds. The summed E-state index contributed by atoms with van der Waals surface area (Å²) < 4.78 is 0. The Morgan fingerprint density at radius 3 is 2.68 bits per heavy atom. The van der Waals surface area contributed by atoms with Crippen LogP contribution in [0.3, 0.4) is 0 Å². The number of aromatic amines is 1. The molecule has 0 saturated carbocycles. The summed E-state index contributed by atoms with van der Waals surface area (Å²) >= 11 is 0. The molecule has 0 radical (unpaired) electrons. The first-order valence-electron chi connectivity index (χ1n) is 5.56. The van der Waals surface area contributed by atoms with E-state index in [0.29, 0.717) is 11.4 Å². The monoisotopic (exact) mass is 260 g/mol. The molecule has 1 aromatic heterocycles. The summed E-state index contributed by atoms with van der Waals surface area (Å²) in [6, 6.07) is 5.82. The Bertz CT molecular complexity index is 694. The fraction of sp³-hybridized carbons (Fsp3) is 0.167. The first kappa shape index (κ1) is 12.7. The number of anilines is 2. The van der Waals surface area contributed by atoms with Gasteiger partial charge < -0.3 is 5.32 Å². The lowest BCUT2D eigenvalue weighted by molar-refractivity contribution is -0.384. The lowest BCUT2D eigenvalue weighted by Crippen LogP contribution is -2.11. The normalized spacial score (nSPS) is 10.2. The highest BCUT2D eigenvalue weighted by Crippen LogP contribution is 2.23. The molecule has 2 N–H and O–H groups in total. The van der Waals surface area contributed by atoms with E-state index in [4.69, 9.17) is 0 Å². The van der Waals surface area contributed by atoms with Crippen LogP contribution in [-0.4, -0.2) is 14.9 Å². The average molecular weight is 260 g/mol. The Hall–Kier alpha value is -2.70. The van der Waals surface area contributed by atoms with E-state index in [-0.39, 0.29) is 17.2 Å². The van der Waals surface area contributed by atoms with Gasteiger partial charge >= 0.3 is 0 Å². The van der Waals surface area contributed by atoms with Gasteiger partial charge in [0.25, 0.3) is 11.2 Å². The van der Waals surface area contributed by atoms with Crippen molar-refractivity contribution in [3.63, 3.8) is 0 Å². The molecule has 98 valence electrons. The van der Waals surface area contributed by atoms with E-state index >= 15 is 0 Å². The average Bonchev–Trinajstić information content (AvgIpc) is 2.30. The molecule has 0 aliphatic carbocycles. The maximum Gasteiger partial charge on any atom is 0.271 e. The second-order valence-electron chi connectivity index (χ2n) is 4.12. The maximum absolute atomic E-state index is 11.3. The number of hydrogen-bond donors (Lipinski definition) is 2. The van der Waals surface area contributed by atoms with Crippen molar-refractivity contribution in [3.05, 3.63) is 56.0 Å². The third kappa shape index (κ3) is 2.95. The summed E-state index contributed by atoms with van der Waals surface area (Å²) in [6.45, 7) is 3.50. The van der Waals surface area contributed by atoms with Crippen LogP contribution in [0.15, 0.2) is 29.1 Å². The molecule has 19 heavy (non-hydrogen) atoms. The van der Waals surface area contributed by atoms with Gasteiger partial charge in [0.05, 0.1) is 10.6 Å². The molecule has 1 heterocycles. The van der Waals surface area contributed by atoms with Crippen molar-refractivity contribution in [3.8, 4) is 0 Å². The van der Waals surface area contributed by atoms with E-state index in [1.54, 1.807) is 19.9 Å². The van der Waals surface area contributed by atoms with E-state index in [2.05, 4.69) is 15.3 Å². The minimum absolute atomic E-state index is 0.0249. The smallest absolute Gasteiger partial charge is 0.271 e. The summed E-state index contributed by atoms with van der Waals surface area (Å²) in [5.74, 6) is 0.258. The quantitative estimate of drug-likeness (QED) is 0.649. The van der Waals surface area contributed by atoms with Crippen LogP contribution in [0.25, 0.3) is 0 Å². The number of aryl methyl sites for hydroxylation is 2. The van der Waals surface area contributed by atoms with Crippen molar-refractivity contribution in [2.45, 2.75) is 13.8 Å². The van der Waals surface area contributed by atoms with Crippen LogP contribution < -0.4 is 10.9 Å². The highest BCUT2D eigenvalue weighted by molar-refractivity contribution is 5.62. The van der Waals surface area contributed by atoms with Crippen LogP contribution in [-0.2, 0) is 0 Å². The first-order chi connectivity index (χ1) is 8.95. The highest BCUT2D eigenvalue weighted by atomic mass is 16.6. The van der Waals surface area contributed by atoms with E-state index < -0.39 is 4.92 Å². The highest BCUT2D eigenvalue weighted by Gasteiger charge is 2.09. The number of H-pyrrole nitrogens is 1. The van der Waals surface area contributed by atoms with Crippen molar-refractivity contribution >= 4 is 17.3 Å². The zero-order chi connectivity index (χ0) is 14.0. The Morgan fingerprint density at radius 1 is 1.32 bits per heavy atom. The standard InChI is InChI=1S/C12H12N4O3/c1-7-3-4-9(16(18)19)6-10(7)14-12-13-8(2)5-11(17)15-12/h3-6H,1-2H3,(H2,13,14,15,17). The van der Waals surface area contributed by atoms with Crippen LogP contribution in [0.2, 0.25) is 0 Å². The molecule has 1 aromatic carbocycles. The van der Waals surface area contributed by atoms with Crippen LogP contribution >= 0.6 is 0 Å². The first-order valence-corrected chi connectivity index (χ1v) is 5.56. The molecular weight excluding hydrogens is 248 g/mol. The predicted molar refractivity (Wildman–Crippen MR) is 70.7 cm³/mol. The van der Waals surface area contributed by atoms with Crippen LogP contribution in [0.1, 0.15) is 11.3 Å². The molecule has 0 fully saturated rings. The summed E-state index contributed by atoms with van der Waals surface area (Å²) in [6.07, 6.45) is 0. The number of nitrogens with one attached hydrogen (secondary N) is 2. The minimum atomic E-state index is -0.475. The molecule has 0 aliphatic rings. The van der Waals surface area contributed by atoms with Gasteiger partial charge in [-0.25, -0.2) is 4.98 Å². The maximum atomic E-state index is 11.3. The Labute approximate surface area is 108 Å². The van der Waals surface area contributed by atoms with Crippen molar-refractivity contribution in [2.75, 3.05) is 5.32 Å². The van der Waals surface area contributed by atoms with Crippen molar-refractivity contribution in [1.29, 1.82) is 0 Å². The molecule has 0 unspecified atom stereocenters. The third-order valence-electron chi connectivity index (χ3n) is 2.55. The van der Waals surface area contributed by atoms with Gasteiger partial charge in [-0.05, 0) is 19.4 Å². The fourth-order valence-corrected chi connectivity index (χ4v) is 1.62. The number of hydrogen-bond acceptors (Lipinski definition) is 5. The zero-order valence-corrected chi connectivity index (χ0v) is 10.4. The SMILES string of the molecule is Cc1cc(=O)[nH]c(Nc2cc([N+](=O)[O-])ccc2C)n1. The van der Waals surface area contributed by atoms with Gasteiger partial charge in [0.2, 0.25) is 5.95 Å². The second kappa shape index (κ2) is 4.89. The van der Waals surface area contributed by atoms with Gasteiger partial charge in [-0.1, -0.05) is 6.07 Å². The number of benzene rings is 1. The Balaban J connectivity index is 2.39. The molecule has 7 nitrogen and oxygen atoms in total. The lowest BCUT2D eigenvalue weighted by Gasteiger charge is -2.08. The van der Waals surface area contributed by atoms with E-state index in [9.17, 15) is 14.9 Å². The van der Waals surface area contributed by atoms with Crippen molar-refractivity contribution < 1.29 is 4.92 Å². The number of nitro groups is 1. The lowest BCUT2D eigenvalue weighted by atomic mass is 10.2. The topological polar surface area (TPSA) is 101 Å². The van der Waals surface area contributed by atoms with Gasteiger partial charge in [0.1, 0.15) is 0 Å². The predicted octanol–water partition coefficient (Wildman–Crippen LogP) is 2.04. The molecule has 0 spiro atoms. The van der Waals surface area contributed by atoms with Gasteiger partial charge in [0, 0.05) is 23.9 Å². The minimum Gasteiger partial charge on any atom is -0.325 e. The number of rotatable bonds is 3. The second-order valence-corrected chi connectivity index (χ2v) is 4.12. The Kier molecular flexibility index (Phi) is 3.28. The Morgan fingerprint density at radius 2 is 2.05 bits per heavy atom. The molecule has 0 saturated heterocycles. The molecule has 2 aromatic rings. The number of nitrogens with zero attached hydrogens (tertiary/aromatic N) is 2. The van der Waals surface area contributed by atoms with E-state index in [0.717, 1.165) is 5.56 Å². The number of aromatic nitrogens is 2. The van der Waals surface area contributed by atoms with Crippen LogP contribution in [0.5, 0.6) is 0 Å². The van der Waals surface area contributed by atoms with Gasteiger partial charge in [0.15, 0.2) is 0 Å². The number of nitro benzene ring substituents is 1. The zero-order valence-electron chi connectivity index (χ0n) is 10.4. The van der Waals surface area contributed by atoms with Crippen molar-refractivity contribution in [1.82, 2.24) is 9.97 Å². The summed E-state index contributed by atoms with van der Waals surface area (Å²) in [4.78, 5) is 28.2. The van der Waals surface area contributed by atoms with Crippen LogP contribution in [0, 0.1) is 24.0 Å². The molecule has 0 bridgehead atoms. The third-order valence-corrected chi connectivity index (χ3v) is 2.55. The summed E-state index contributed by atoms with van der Waals surface area (Å²) in [7, 11) is 0. The van der Waals surface area contributed by atoms with Gasteiger partial charge in [-0.15, -0.1) is 0 Å². The van der Waals surface area contributed by atoms with Gasteiger partial charge in [-0.3, -0.25) is 19.9 Å². The largest absolute Gasteiger partial charge is 0.325 e. The molecule has 0 aliphatic heterocycles. The number of non-ortho nitro benzene ring substituents is 1. The van der Waals surface area contributed by atoms with Crippen LogP contribution in [0.4, 0.5) is 17.3 Å². The summed E-state index contributed by atoms with van der Waals surface area (Å²) in [5, 5.41) is 13.6. The summed E-state index contributed by atoms with van der Waals surface area (Å²) in [5.41, 5.74) is 1.60. The van der Waals surface area contributed by atoms with Gasteiger partial charge in [-0.2, -0.15) is 0 Å². The molecule has 2 rings (SSSR count). The molecule has 7 heteroatoms. The van der Waals surface area contributed by atoms with E-state index in [1.807, 2.05) is 0 Å². The van der Waals surface area contributed by atoms with E-state index in [1.165, 1.54) is 18.2 Å². The molecule has 0 atom stereocenters. The van der Waals surface area contributed by atoms with Crippen molar-refractivity contribution in [2.24, 2.45) is 0 Å². The molecular formula is C12H12N4O3. The fourth-order valence-electron chi connectivity index (χ4n) is 1.62.